The van der Waals surface area contributed by atoms with E-state index in [-0.39, 0.29) is 0 Å². The van der Waals surface area contributed by atoms with E-state index in [9.17, 15) is 0 Å². The summed E-state index contributed by atoms with van der Waals surface area (Å²) in [5.74, 6) is 0. The first-order valence-corrected chi connectivity index (χ1v) is 14.4. The molecule has 41 heavy (non-hydrogen) atoms. The summed E-state index contributed by atoms with van der Waals surface area (Å²) in [5, 5.41) is 0. The Hall–Kier alpha value is -4.56. The van der Waals surface area contributed by atoms with Crippen molar-refractivity contribution in [3.63, 3.8) is 0 Å². The van der Waals surface area contributed by atoms with Gasteiger partial charge >= 0.3 is 0 Å². The molecule has 0 atom stereocenters. The van der Waals surface area contributed by atoms with E-state index in [1.165, 1.54) is 16.8 Å². The number of para-hydroxylation sites is 2. The largest absolute Gasteiger partial charge is 0.338 e. The zero-order valence-corrected chi connectivity index (χ0v) is 24.9. The monoisotopic (exact) mass is 540 g/mol. The van der Waals surface area contributed by atoms with Gasteiger partial charge in [-0.1, -0.05) is 104 Å². The second kappa shape index (κ2) is 17.2. The quantitative estimate of drug-likeness (QED) is 0.107. The van der Waals surface area contributed by atoms with Crippen LogP contribution in [0, 0.1) is 0 Å². The normalized spacial score (nSPS) is 12.6. The van der Waals surface area contributed by atoms with Gasteiger partial charge in [0.25, 0.3) is 0 Å². The molecule has 210 valence electrons. The van der Waals surface area contributed by atoms with E-state index in [2.05, 4.69) is 165 Å². The smallest absolute Gasteiger partial charge is 0.0458 e. The fourth-order valence-electron chi connectivity index (χ4n) is 4.73. The topological polar surface area (TPSA) is 6.48 Å². The van der Waals surface area contributed by atoms with Gasteiger partial charge in [0.1, 0.15) is 0 Å². The fourth-order valence-corrected chi connectivity index (χ4v) is 4.73. The molecule has 2 nitrogen and oxygen atoms in total. The first-order valence-electron chi connectivity index (χ1n) is 14.4. The third-order valence-corrected chi connectivity index (χ3v) is 6.89. The van der Waals surface area contributed by atoms with Gasteiger partial charge in [-0.25, -0.2) is 0 Å². The van der Waals surface area contributed by atoms with Crippen molar-refractivity contribution < 1.29 is 0 Å². The molecule has 0 saturated carbocycles. The minimum Gasteiger partial charge on any atom is -0.338 e. The Morgan fingerprint density at radius 3 is 1.95 bits per heavy atom. The third kappa shape index (κ3) is 9.25. The number of benzene rings is 3. The lowest BCUT2D eigenvalue weighted by atomic mass is 10.0. The number of nitrogens with zero attached hydrogens (tertiary/aromatic N) is 2. The summed E-state index contributed by atoms with van der Waals surface area (Å²) in [5.41, 5.74) is 8.38. The first-order chi connectivity index (χ1) is 20.1. The van der Waals surface area contributed by atoms with Crippen LogP contribution in [-0.4, -0.2) is 6.54 Å². The molecule has 0 aromatic heterocycles. The van der Waals surface area contributed by atoms with Gasteiger partial charge in [0.05, 0.1) is 0 Å². The SMILES string of the molecule is C=C/C=C\C(=C/C)N(C/C=C\C/C(=C\C)c1ccc(N(/C(C)=C/CCC=C)c2ccccc2)cc1)c1ccccc1. The lowest BCUT2D eigenvalue weighted by molar-refractivity contribution is 1.02. The molecule has 0 heterocycles. The number of unbranched alkanes of at least 4 members (excludes halogenated alkanes) is 1. The highest BCUT2D eigenvalue weighted by Crippen LogP contribution is 2.31. The Labute approximate surface area is 248 Å². The van der Waals surface area contributed by atoms with Gasteiger partial charge in [0.2, 0.25) is 0 Å². The average Bonchev–Trinajstić information content (AvgIpc) is 3.02. The van der Waals surface area contributed by atoms with Crippen molar-refractivity contribution >= 4 is 22.6 Å². The lowest BCUT2D eigenvalue weighted by Gasteiger charge is -2.26. The number of hydrogen-bond acceptors (Lipinski definition) is 2. The van der Waals surface area contributed by atoms with Crippen molar-refractivity contribution in [3.05, 3.63) is 170 Å². The molecule has 0 unspecified atom stereocenters. The van der Waals surface area contributed by atoms with E-state index < -0.39 is 0 Å². The van der Waals surface area contributed by atoms with E-state index in [4.69, 9.17) is 0 Å². The Bertz CT molecular complexity index is 1370. The summed E-state index contributed by atoms with van der Waals surface area (Å²) in [6.07, 6.45) is 21.8. The van der Waals surface area contributed by atoms with Crippen molar-refractivity contribution in [2.45, 2.75) is 40.0 Å². The van der Waals surface area contributed by atoms with Crippen LogP contribution in [0.4, 0.5) is 17.1 Å². The van der Waals surface area contributed by atoms with E-state index in [1.807, 2.05) is 18.2 Å². The molecule has 0 aliphatic rings. The molecule has 3 rings (SSSR count). The molecule has 0 bridgehead atoms. The van der Waals surface area contributed by atoms with Gasteiger partial charge in [0, 0.05) is 35.0 Å². The van der Waals surface area contributed by atoms with Gasteiger partial charge in [0.15, 0.2) is 0 Å². The van der Waals surface area contributed by atoms with Crippen LogP contribution >= 0.6 is 0 Å². The lowest BCUT2D eigenvalue weighted by Crippen LogP contribution is -2.21. The Kier molecular flexibility index (Phi) is 13.0. The van der Waals surface area contributed by atoms with Gasteiger partial charge in [-0.15, -0.1) is 6.58 Å². The molecule has 0 aliphatic carbocycles. The minimum atomic E-state index is 0.782. The van der Waals surface area contributed by atoms with Crippen LogP contribution in [0.3, 0.4) is 0 Å². The highest BCUT2D eigenvalue weighted by atomic mass is 15.1. The second-order valence-electron chi connectivity index (χ2n) is 9.67. The molecule has 2 heteroatoms. The molecule has 0 amide bonds. The molecule has 0 N–H and O–H groups in total. The van der Waals surface area contributed by atoms with Crippen molar-refractivity contribution in [3.8, 4) is 0 Å². The van der Waals surface area contributed by atoms with Crippen LogP contribution in [0.1, 0.15) is 45.6 Å². The average molecular weight is 541 g/mol. The number of allylic oxidation sites excluding steroid dienone is 10. The highest BCUT2D eigenvalue weighted by Gasteiger charge is 2.12. The van der Waals surface area contributed by atoms with E-state index in [1.54, 1.807) is 0 Å². The van der Waals surface area contributed by atoms with Crippen molar-refractivity contribution in [2.24, 2.45) is 0 Å². The van der Waals surface area contributed by atoms with Gasteiger partial charge < -0.3 is 9.80 Å². The molecular formula is C39H44N2. The minimum absolute atomic E-state index is 0.782. The van der Waals surface area contributed by atoms with Crippen LogP contribution in [0.15, 0.2) is 164 Å². The number of anilines is 3. The zero-order chi connectivity index (χ0) is 29.3. The predicted molar refractivity (Wildman–Crippen MR) is 183 cm³/mol. The number of rotatable bonds is 15. The van der Waals surface area contributed by atoms with Crippen molar-refractivity contribution in [2.75, 3.05) is 16.3 Å². The molecule has 0 aliphatic heterocycles. The standard InChI is InChI=1S/C39H44N2/c1-6-10-14-21-33(5)41(38-26-17-13-18-27-38)39-30-28-35(29-31-39)34(8-3)22-19-20-32-40(36(9-4)23-11-7-2)37-24-15-12-16-25-37/h6-9,11-13,15-21,23-31H,1-2,10,14,22,32H2,3-5H3/b20-19-,23-11-,33-21+,34-8+,36-9+. The fraction of sp³-hybridized carbons (Fsp3) is 0.179. The molecule has 0 spiro atoms. The highest BCUT2D eigenvalue weighted by molar-refractivity contribution is 5.72. The summed E-state index contributed by atoms with van der Waals surface area (Å²) in [6, 6.07) is 30.0. The summed E-state index contributed by atoms with van der Waals surface area (Å²) in [4.78, 5) is 4.63. The third-order valence-electron chi connectivity index (χ3n) is 6.89. The van der Waals surface area contributed by atoms with Crippen LogP contribution in [0.25, 0.3) is 5.57 Å². The van der Waals surface area contributed by atoms with Crippen molar-refractivity contribution in [1.82, 2.24) is 0 Å². The molecule has 3 aromatic carbocycles. The maximum atomic E-state index is 3.86. The molecule has 0 radical (unpaired) electrons. The molecular weight excluding hydrogens is 496 g/mol. The Balaban J connectivity index is 1.76. The Morgan fingerprint density at radius 2 is 1.37 bits per heavy atom. The predicted octanol–water partition coefficient (Wildman–Crippen LogP) is 11.2. The zero-order valence-electron chi connectivity index (χ0n) is 24.9. The van der Waals surface area contributed by atoms with Crippen LogP contribution in [0.2, 0.25) is 0 Å². The van der Waals surface area contributed by atoms with Gasteiger partial charge in [-0.05, 0) is 93.6 Å². The van der Waals surface area contributed by atoms with Gasteiger partial charge in [-0.2, -0.15) is 0 Å². The number of hydrogen-bond donors (Lipinski definition) is 0. The summed E-state index contributed by atoms with van der Waals surface area (Å²) >= 11 is 0. The summed E-state index contributed by atoms with van der Waals surface area (Å²) in [7, 11) is 0. The van der Waals surface area contributed by atoms with E-state index in [0.717, 1.165) is 48.6 Å². The summed E-state index contributed by atoms with van der Waals surface area (Å²) < 4.78 is 0. The van der Waals surface area contributed by atoms with E-state index in [0.29, 0.717) is 0 Å². The second-order valence-corrected chi connectivity index (χ2v) is 9.67. The van der Waals surface area contributed by atoms with Gasteiger partial charge in [-0.3, -0.25) is 0 Å². The molecule has 0 fully saturated rings. The summed E-state index contributed by atoms with van der Waals surface area (Å²) in [6.45, 7) is 14.8. The maximum Gasteiger partial charge on any atom is 0.0458 e. The first kappa shape index (κ1) is 31.0. The van der Waals surface area contributed by atoms with Crippen molar-refractivity contribution in [1.29, 1.82) is 0 Å². The van der Waals surface area contributed by atoms with E-state index >= 15 is 0 Å². The maximum absolute atomic E-state index is 3.86. The Morgan fingerprint density at radius 1 is 0.732 bits per heavy atom. The van der Waals surface area contributed by atoms with Crippen LogP contribution in [0.5, 0.6) is 0 Å². The van der Waals surface area contributed by atoms with Crippen LogP contribution in [-0.2, 0) is 0 Å². The molecule has 0 saturated heterocycles. The van der Waals surface area contributed by atoms with Crippen LogP contribution < -0.4 is 9.80 Å². The molecule has 3 aromatic rings.